The van der Waals surface area contributed by atoms with Gasteiger partial charge in [-0.15, -0.1) is 0 Å². The highest BCUT2D eigenvalue weighted by Gasteiger charge is 2.34. The van der Waals surface area contributed by atoms with Crippen LogP contribution >= 0.6 is 0 Å². The summed E-state index contributed by atoms with van der Waals surface area (Å²) in [5.74, 6) is 3.35. The van der Waals surface area contributed by atoms with Crippen LogP contribution in [0.5, 0.6) is 11.5 Å². The van der Waals surface area contributed by atoms with Crippen molar-refractivity contribution in [1.29, 1.82) is 0 Å². The Hall–Kier alpha value is -2.69. The van der Waals surface area contributed by atoms with Crippen LogP contribution in [0.1, 0.15) is 79.7 Å². The van der Waals surface area contributed by atoms with Crippen molar-refractivity contribution >= 4 is 22.7 Å². The zero-order chi connectivity index (χ0) is 24.3. The van der Waals surface area contributed by atoms with Gasteiger partial charge in [0.1, 0.15) is 11.5 Å². The van der Waals surface area contributed by atoms with E-state index in [0.717, 1.165) is 54.5 Å². The van der Waals surface area contributed by atoms with Crippen LogP contribution in [0.15, 0.2) is 42.5 Å². The first-order valence-corrected chi connectivity index (χ1v) is 12.9. The van der Waals surface area contributed by atoms with Gasteiger partial charge in [0, 0.05) is 17.8 Å². The number of anilines is 2. The van der Waals surface area contributed by atoms with Crippen molar-refractivity contribution in [2.45, 2.75) is 85.8 Å². The summed E-state index contributed by atoms with van der Waals surface area (Å²) in [6.07, 6.45) is 5.93. The molecule has 0 saturated heterocycles. The number of fused-ring (bicyclic) bond motifs is 1. The number of nitrogens with zero attached hydrogens (tertiary/aromatic N) is 2. The predicted molar refractivity (Wildman–Crippen MR) is 141 cm³/mol. The largest absolute Gasteiger partial charge is 0.494 e. The first-order valence-electron chi connectivity index (χ1n) is 12.9. The molecule has 1 aromatic heterocycles. The minimum atomic E-state index is 0.161. The van der Waals surface area contributed by atoms with Gasteiger partial charge in [-0.3, -0.25) is 0 Å². The first-order chi connectivity index (χ1) is 16.2. The van der Waals surface area contributed by atoms with E-state index in [1.807, 2.05) is 26.0 Å². The molecular formula is C29H41N3O2. The number of rotatable bonds is 9. The second-order valence-electron chi connectivity index (χ2n) is 11.0. The van der Waals surface area contributed by atoms with Crippen LogP contribution in [0, 0.1) is 11.3 Å². The highest BCUT2D eigenvalue weighted by atomic mass is 16.5. The maximum Gasteiger partial charge on any atom is 0.208 e. The second kappa shape index (κ2) is 10.3. The molecule has 2 aromatic carbocycles. The van der Waals surface area contributed by atoms with Crippen LogP contribution in [-0.4, -0.2) is 22.3 Å². The van der Waals surface area contributed by atoms with E-state index in [0.29, 0.717) is 17.4 Å². The van der Waals surface area contributed by atoms with Crippen LogP contribution < -0.4 is 14.8 Å². The predicted octanol–water partition coefficient (Wildman–Crippen LogP) is 8.13. The molecule has 4 rings (SSSR count). The zero-order valence-electron chi connectivity index (χ0n) is 21.7. The molecule has 0 aliphatic heterocycles. The summed E-state index contributed by atoms with van der Waals surface area (Å²) in [6.45, 7) is 14.2. The number of ether oxygens (including phenoxy) is 2. The minimum Gasteiger partial charge on any atom is -0.494 e. The first kappa shape index (κ1) is 24.4. The summed E-state index contributed by atoms with van der Waals surface area (Å²) in [4.78, 5) is 5.06. The third kappa shape index (κ3) is 5.86. The molecule has 1 fully saturated rings. The maximum atomic E-state index is 5.98. The van der Waals surface area contributed by atoms with Crippen molar-refractivity contribution in [3.8, 4) is 11.5 Å². The molecule has 0 bridgehead atoms. The van der Waals surface area contributed by atoms with Gasteiger partial charge in [0.05, 0.1) is 23.7 Å². The molecule has 0 spiro atoms. The molecule has 34 heavy (non-hydrogen) atoms. The molecule has 1 aliphatic carbocycles. The molecule has 2 atom stereocenters. The number of unbranched alkanes of at least 4 members (excludes halogenated alkanes) is 1. The molecule has 0 radical (unpaired) electrons. The standard InChI is InChI=1S/C29H41N3O2/c1-7-8-15-33-25-13-14-27-26(17-25)31-28(30-22-9-11-24(12-10-22)34-20(2)3)32(27)23-16-21(4)18-29(5,6)19-23/h9-14,17,20-21,23H,7-8,15-16,18-19H2,1-6H3,(H,30,31)/t21-,23+/m1/s1. The number of benzene rings is 2. The fourth-order valence-electron chi connectivity index (χ4n) is 5.47. The van der Waals surface area contributed by atoms with Gasteiger partial charge < -0.3 is 19.4 Å². The van der Waals surface area contributed by atoms with E-state index in [1.54, 1.807) is 0 Å². The fraction of sp³-hybridized carbons (Fsp3) is 0.552. The topological polar surface area (TPSA) is 48.3 Å². The monoisotopic (exact) mass is 463 g/mol. The Balaban J connectivity index is 1.69. The van der Waals surface area contributed by atoms with E-state index >= 15 is 0 Å². The zero-order valence-corrected chi connectivity index (χ0v) is 21.7. The molecule has 1 aliphatic rings. The Bertz CT molecular complexity index is 1080. The van der Waals surface area contributed by atoms with Crippen LogP contribution in [0.4, 0.5) is 11.6 Å². The van der Waals surface area contributed by atoms with Gasteiger partial charge in [0.25, 0.3) is 0 Å². The van der Waals surface area contributed by atoms with E-state index in [2.05, 4.69) is 67.9 Å². The van der Waals surface area contributed by atoms with Gasteiger partial charge in [0.2, 0.25) is 5.95 Å². The van der Waals surface area contributed by atoms with Crippen molar-refractivity contribution in [3.05, 3.63) is 42.5 Å². The van der Waals surface area contributed by atoms with Crippen molar-refractivity contribution in [1.82, 2.24) is 9.55 Å². The van der Waals surface area contributed by atoms with E-state index in [4.69, 9.17) is 14.5 Å². The summed E-state index contributed by atoms with van der Waals surface area (Å²) >= 11 is 0. The Kier molecular flexibility index (Phi) is 7.39. The Morgan fingerprint density at radius 1 is 1.09 bits per heavy atom. The quantitative estimate of drug-likeness (QED) is 0.325. The van der Waals surface area contributed by atoms with Gasteiger partial charge in [-0.05, 0) is 87.3 Å². The van der Waals surface area contributed by atoms with E-state index in [1.165, 1.54) is 18.4 Å². The molecule has 0 amide bonds. The molecular weight excluding hydrogens is 422 g/mol. The Labute approximate surface area is 204 Å². The Morgan fingerprint density at radius 2 is 1.82 bits per heavy atom. The van der Waals surface area contributed by atoms with Crippen LogP contribution in [0.25, 0.3) is 11.0 Å². The molecule has 1 saturated carbocycles. The molecule has 3 aromatic rings. The van der Waals surface area contributed by atoms with Gasteiger partial charge in [-0.1, -0.05) is 34.1 Å². The van der Waals surface area contributed by atoms with Crippen molar-refractivity contribution in [2.24, 2.45) is 11.3 Å². The number of nitrogens with one attached hydrogen (secondary N) is 1. The van der Waals surface area contributed by atoms with Gasteiger partial charge >= 0.3 is 0 Å². The summed E-state index contributed by atoms with van der Waals surface area (Å²) < 4.78 is 14.2. The fourth-order valence-corrected chi connectivity index (χ4v) is 5.47. The third-order valence-electron chi connectivity index (χ3n) is 6.64. The highest BCUT2D eigenvalue weighted by molar-refractivity contribution is 5.81. The highest BCUT2D eigenvalue weighted by Crippen LogP contribution is 2.46. The Morgan fingerprint density at radius 3 is 2.50 bits per heavy atom. The summed E-state index contributed by atoms with van der Waals surface area (Å²) in [6, 6.07) is 14.9. The average molecular weight is 464 g/mol. The van der Waals surface area contributed by atoms with E-state index in [9.17, 15) is 0 Å². The maximum absolute atomic E-state index is 5.98. The SMILES string of the molecule is CCCCOc1ccc2c(c1)nc(Nc1ccc(OC(C)C)cc1)n2[C@H]1C[C@@H](C)CC(C)(C)C1. The normalized spacial score (nSPS) is 20.0. The molecule has 5 heteroatoms. The number of hydrogen-bond acceptors (Lipinski definition) is 4. The van der Waals surface area contributed by atoms with Crippen LogP contribution in [-0.2, 0) is 0 Å². The van der Waals surface area contributed by atoms with Gasteiger partial charge in [-0.2, -0.15) is 0 Å². The lowest BCUT2D eigenvalue weighted by molar-refractivity contribution is 0.140. The molecule has 184 valence electrons. The van der Waals surface area contributed by atoms with Crippen LogP contribution in [0.2, 0.25) is 0 Å². The number of imidazole rings is 1. The smallest absolute Gasteiger partial charge is 0.208 e. The van der Waals surface area contributed by atoms with E-state index < -0.39 is 0 Å². The van der Waals surface area contributed by atoms with Crippen LogP contribution in [0.3, 0.4) is 0 Å². The summed E-state index contributed by atoms with van der Waals surface area (Å²) in [5, 5.41) is 3.61. The second-order valence-corrected chi connectivity index (χ2v) is 11.0. The molecule has 0 unspecified atom stereocenters. The minimum absolute atomic E-state index is 0.161. The van der Waals surface area contributed by atoms with Crippen molar-refractivity contribution in [3.63, 3.8) is 0 Å². The lowest BCUT2D eigenvalue weighted by Gasteiger charge is -2.40. The lowest BCUT2D eigenvalue weighted by Crippen LogP contribution is -2.29. The van der Waals surface area contributed by atoms with E-state index in [-0.39, 0.29) is 6.10 Å². The summed E-state index contributed by atoms with van der Waals surface area (Å²) in [5.41, 5.74) is 3.47. The number of hydrogen-bond donors (Lipinski definition) is 1. The van der Waals surface area contributed by atoms with Crippen molar-refractivity contribution < 1.29 is 9.47 Å². The average Bonchev–Trinajstić information content (AvgIpc) is 3.10. The van der Waals surface area contributed by atoms with Gasteiger partial charge in [0.15, 0.2) is 0 Å². The lowest BCUT2D eigenvalue weighted by atomic mass is 9.70. The number of aromatic nitrogens is 2. The molecule has 5 nitrogen and oxygen atoms in total. The third-order valence-corrected chi connectivity index (χ3v) is 6.64. The summed E-state index contributed by atoms with van der Waals surface area (Å²) in [7, 11) is 0. The molecule has 1 heterocycles. The van der Waals surface area contributed by atoms with Crippen molar-refractivity contribution in [2.75, 3.05) is 11.9 Å². The molecule has 1 N–H and O–H groups in total. The van der Waals surface area contributed by atoms with Gasteiger partial charge in [-0.25, -0.2) is 4.98 Å².